The van der Waals surface area contributed by atoms with Crippen molar-refractivity contribution in [3.8, 4) is 17.1 Å². The van der Waals surface area contributed by atoms with Crippen molar-refractivity contribution in [3.05, 3.63) is 29.9 Å². The summed E-state index contributed by atoms with van der Waals surface area (Å²) in [5.41, 5.74) is 0.559. The molecule has 19 heavy (non-hydrogen) atoms. The van der Waals surface area contributed by atoms with Crippen LogP contribution in [0.25, 0.3) is 11.4 Å². The molecule has 2 rings (SSSR count). The Hall–Kier alpha value is -2.24. The van der Waals surface area contributed by atoms with Gasteiger partial charge in [0.1, 0.15) is 5.78 Å². The van der Waals surface area contributed by atoms with Gasteiger partial charge in [0.25, 0.3) is 0 Å². The van der Waals surface area contributed by atoms with Gasteiger partial charge in [-0.15, -0.1) is 0 Å². The van der Waals surface area contributed by atoms with Crippen LogP contribution in [0, 0.1) is 5.82 Å². The molecule has 0 radical (unpaired) electrons. The molecule has 1 aromatic carbocycles. The molecule has 1 aromatic heterocycles. The minimum absolute atomic E-state index is 0.0631. The second-order valence-corrected chi connectivity index (χ2v) is 4.14. The lowest BCUT2D eigenvalue weighted by molar-refractivity contribution is -0.118. The summed E-state index contributed by atoms with van der Waals surface area (Å²) in [4.78, 5) is 15.4. The topological polar surface area (TPSA) is 65.2 Å². The average molecular weight is 264 g/mol. The van der Waals surface area contributed by atoms with Crippen LogP contribution >= 0.6 is 0 Å². The number of hydrogen-bond acceptors (Lipinski definition) is 5. The van der Waals surface area contributed by atoms with Crippen molar-refractivity contribution in [1.29, 1.82) is 0 Å². The number of hydrogen-bond donors (Lipinski definition) is 0. The standard InChI is InChI=1S/C13H13FN2O3/c1-7(8(2)17)13-15-12(16-19-13)9-4-5-10(14)11(6-9)18-3/h4-7H,1-3H3. The lowest BCUT2D eigenvalue weighted by atomic mass is 10.1. The molecule has 0 bridgehead atoms. The van der Waals surface area contributed by atoms with Crippen molar-refractivity contribution >= 4 is 5.78 Å². The monoisotopic (exact) mass is 264 g/mol. The van der Waals surface area contributed by atoms with E-state index in [0.29, 0.717) is 11.4 Å². The summed E-state index contributed by atoms with van der Waals surface area (Å²) in [6.45, 7) is 3.14. The zero-order chi connectivity index (χ0) is 14.0. The van der Waals surface area contributed by atoms with Crippen LogP contribution in [0.4, 0.5) is 4.39 Å². The first-order valence-corrected chi connectivity index (χ1v) is 5.71. The summed E-state index contributed by atoms with van der Waals surface area (Å²) >= 11 is 0. The van der Waals surface area contributed by atoms with E-state index in [0.717, 1.165) is 0 Å². The lowest BCUT2D eigenvalue weighted by Gasteiger charge is -2.02. The second-order valence-electron chi connectivity index (χ2n) is 4.14. The zero-order valence-electron chi connectivity index (χ0n) is 10.8. The van der Waals surface area contributed by atoms with E-state index in [2.05, 4.69) is 10.1 Å². The van der Waals surface area contributed by atoms with Gasteiger partial charge < -0.3 is 9.26 Å². The third-order valence-electron chi connectivity index (χ3n) is 2.83. The SMILES string of the molecule is COc1cc(-c2noc(C(C)C(C)=O)n2)ccc1F. The minimum Gasteiger partial charge on any atom is -0.494 e. The molecule has 2 aromatic rings. The molecule has 1 unspecified atom stereocenters. The van der Waals surface area contributed by atoms with Gasteiger partial charge in [0, 0.05) is 5.56 Å². The number of ether oxygens (including phenoxy) is 1. The molecule has 0 aliphatic carbocycles. The van der Waals surface area contributed by atoms with Gasteiger partial charge in [-0.25, -0.2) is 4.39 Å². The maximum absolute atomic E-state index is 13.3. The average Bonchev–Trinajstić information content (AvgIpc) is 2.87. The summed E-state index contributed by atoms with van der Waals surface area (Å²) in [5, 5.41) is 3.78. The highest BCUT2D eigenvalue weighted by Crippen LogP contribution is 2.25. The molecule has 0 saturated carbocycles. The first-order chi connectivity index (χ1) is 9.02. The highest BCUT2D eigenvalue weighted by molar-refractivity contribution is 5.81. The maximum Gasteiger partial charge on any atom is 0.237 e. The van der Waals surface area contributed by atoms with E-state index in [9.17, 15) is 9.18 Å². The van der Waals surface area contributed by atoms with E-state index in [-0.39, 0.29) is 17.4 Å². The van der Waals surface area contributed by atoms with Crippen LogP contribution in [-0.4, -0.2) is 23.0 Å². The normalized spacial score (nSPS) is 12.2. The van der Waals surface area contributed by atoms with Gasteiger partial charge in [-0.1, -0.05) is 5.16 Å². The Morgan fingerprint density at radius 2 is 2.21 bits per heavy atom. The van der Waals surface area contributed by atoms with Gasteiger partial charge in [0.05, 0.1) is 13.0 Å². The molecule has 100 valence electrons. The van der Waals surface area contributed by atoms with Crippen molar-refractivity contribution in [2.45, 2.75) is 19.8 Å². The van der Waals surface area contributed by atoms with E-state index < -0.39 is 11.7 Å². The van der Waals surface area contributed by atoms with Crippen LogP contribution in [0.3, 0.4) is 0 Å². The molecule has 0 fully saturated rings. The number of benzene rings is 1. The highest BCUT2D eigenvalue weighted by Gasteiger charge is 2.19. The van der Waals surface area contributed by atoms with Crippen molar-refractivity contribution in [1.82, 2.24) is 10.1 Å². The Kier molecular flexibility index (Phi) is 3.59. The quantitative estimate of drug-likeness (QED) is 0.849. The van der Waals surface area contributed by atoms with E-state index >= 15 is 0 Å². The van der Waals surface area contributed by atoms with Crippen LogP contribution in [0.2, 0.25) is 0 Å². The first-order valence-electron chi connectivity index (χ1n) is 5.71. The van der Waals surface area contributed by atoms with Gasteiger partial charge in [-0.2, -0.15) is 4.98 Å². The summed E-state index contributed by atoms with van der Waals surface area (Å²) in [6, 6.07) is 4.26. The van der Waals surface area contributed by atoms with Crippen molar-refractivity contribution in [2.75, 3.05) is 7.11 Å². The molecule has 0 aliphatic heterocycles. The Morgan fingerprint density at radius 3 is 2.84 bits per heavy atom. The van der Waals surface area contributed by atoms with Crippen molar-refractivity contribution in [3.63, 3.8) is 0 Å². The van der Waals surface area contributed by atoms with Crippen LogP contribution in [0.5, 0.6) is 5.75 Å². The Bertz CT molecular complexity index is 610. The van der Waals surface area contributed by atoms with Crippen molar-refractivity contribution < 1.29 is 18.4 Å². The molecule has 1 heterocycles. The Morgan fingerprint density at radius 1 is 1.47 bits per heavy atom. The number of rotatable bonds is 4. The van der Waals surface area contributed by atoms with Gasteiger partial charge in [0.2, 0.25) is 11.7 Å². The van der Waals surface area contributed by atoms with E-state index in [1.165, 1.54) is 32.2 Å². The van der Waals surface area contributed by atoms with Crippen LogP contribution in [-0.2, 0) is 4.79 Å². The number of aromatic nitrogens is 2. The number of ketones is 1. The van der Waals surface area contributed by atoms with Crippen LogP contribution < -0.4 is 4.74 Å². The fourth-order valence-corrected chi connectivity index (χ4v) is 1.50. The third-order valence-corrected chi connectivity index (χ3v) is 2.83. The predicted octanol–water partition coefficient (Wildman–Crippen LogP) is 2.58. The summed E-state index contributed by atoms with van der Waals surface area (Å²) in [7, 11) is 1.38. The molecular weight excluding hydrogens is 251 g/mol. The lowest BCUT2D eigenvalue weighted by Crippen LogP contribution is -2.04. The fourth-order valence-electron chi connectivity index (χ4n) is 1.50. The fraction of sp³-hybridized carbons (Fsp3) is 0.308. The second kappa shape index (κ2) is 5.17. The van der Waals surface area contributed by atoms with Gasteiger partial charge >= 0.3 is 0 Å². The molecule has 0 saturated heterocycles. The number of nitrogens with zero attached hydrogens (tertiary/aromatic N) is 2. The minimum atomic E-state index is -0.466. The molecule has 5 nitrogen and oxygen atoms in total. The predicted molar refractivity (Wildman–Crippen MR) is 65.3 cm³/mol. The van der Waals surface area contributed by atoms with Gasteiger partial charge in [-0.05, 0) is 32.0 Å². The maximum atomic E-state index is 13.3. The number of halogens is 1. The summed E-state index contributed by atoms with van der Waals surface area (Å²) in [6.07, 6.45) is 0. The summed E-state index contributed by atoms with van der Waals surface area (Å²) in [5.74, 6) is -0.349. The van der Waals surface area contributed by atoms with Crippen molar-refractivity contribution in [2.24, 2.45) is 0 Å². The molecule has 0 aliphatic rings. The zero-order valence-corrected chi connectivity index (χ0v) is 10.8. The molecule has 0 amide bonds. The van der Waals surface area contributed by atoms with E-state index in [1.54, 1.807) is 6.92 Å². The molecule has 0 N–H and O–H groups in total. The van der Waals surface area contributed by atoms with E-state index in [1.807, 2.05) is 0 Å². The number of methoxy groups -OCH3 is 1. The Labute approximate surface area is 109 Å². The third kappa shape index (κ3) is 2.62. The summed E-state index contributed by atoms with van der Waals surface area (Å²) < 4.78 is 23.2. The number of carbonyl (C=O) groups excluding carboxylic acids is 1. The number of Topliss-reactive ketones (excluding diaryl/α,β-unsaturated/α-hetero) is 1. The molecule has 0 spiro atoms. The first kappa shape index (κ1) is 13.2. The smallest absolute Gasteiger partial charge is 0.237 e. The van der Waals surface area contributed by atoms with Crippen LogP contribution in [0.15, 0.2) is 22.7 Å². The Balaban J connectivity index is 2.35. The number of carbonyl (C=O) groups is 1. The van der Waals surface area contributed by atoms with Gasteiger partial charge in [0.15, 0.2) is 11.6 Å². The van der Waals surface area contributed by atoms with Gasteiger partial charge in [-0.3, -0.25) is 4.79 Å². The molecule has 1 atom stereocenters. The molecular formula is C13H13FN2O3. The molecule has 6 heteroatoms. The van der Waals surface area contributed by atoms with Crippen LogP contribution in [0.1, 0.15) is 25.7 Å². The highest BCUT2D eigenvalue weighted by atomic mass is 19.1. The van der Waals surface area contributed by atoms with E-state index in [4.69, 9.17) is 9.26 Å². The largest absolute Gasteiger partial charge is 0.494 e.